The van der Waals surface area contributed by atoms with E-state index in [4.69, 9.17) is 5.73 Å². The predicted molar refractivity (Wildman–Crippen MR) is 103 cm³/mol. The van der Waals surface area contributed by atoms with Gasteiger partial charge in [-0.2, -0.15) is 0 Å². The molecule has 1 aromatic heterocycles. The Balaban J connectivity index is 1.87. The molecular formula is C21H29N3O2. The first-order valence-electron chi connectivity index (χ1n) is 9.17. The molecule has 0 spiro atoms. The lowest BCUT2D eigenvalue weighted by Crippen LogP contribution is -2.32. The maximum absolute atomic E-state index is 11.2. The minimum Gasteiger partial charge on any atom is -0.469 e. The lowest BCUT2D eigenvalue weighted by Gasteiger charge is -2.26. The Hall–Kier alpha value is -2.24. The highest BCUT2D eigenvalue weighted by Crippen LogP contribution is 2.14. The summed E-state index contributed by atoms with van der Waals surface area (Å²) in [5, 5.41) is 0. The number of pyridine rings is 1. The largest absolute Gasteiger partial charge is 0.469 e. The minimum atomic E-state index is -0.136. The second-order valence-corrected chi connectivity index (χ2v) is 6.50. The number of hydrogen-bond acceptors (Lipinski definition) is 5. The van der Waals surface area contributed by atoms with Crippen LogP contribution < -0.4 is 5.73 Å². The zero-order valence-corrected chi connectivity index (χ0v) is 15.5. The van der Waals surface area contributed by atoms with Gasteiger partial charge in [-0.1, -0.05) is 42.8 Å². The quantitative estimate of drug-likeness (QED) is 0.495. The number of ether oxygens (including phenoxy) is 1. The SMILES string of the molecule is COC(=O)CCCCCN(Cc1cccnc1)C[C@H](N)c1ccccc1. The first-order valence-corrected chi connectivity index (χ1v) is 9.17. The van der Waals surface area contributed by atoms with E-state index < -0.39 is 0 Å². The summed E-state index contributed by atoms with van der Waals surface area (Å²) in [5.74, 6) is -0.136. The molecule has 5 nitrogen and oxygen atoms in total. The molecular weight excluding hydrogens is 326 g/mol. The number of rotatable bonds is 11. The summed E-state index contributed by atoms with van der Waals surface area (Å²) in [5.41, 5.74) is 8.75. The van der Waals surface area contributed by atoms with E-state index in [1.807, 2.05) is 30.5 Å². The van der Waals surface area contributed by atoms with Crippen molar-refractivity contribution in [2.75, 3.05) is 20.2 Å². The van der Waals surface area contributed by atoms with Crippen LogP contribution in [-0.4, -0.2) is 36.1 Å². The van der Waals surface area contributed by atoms with E-state index in [-0.39, 0.29) is 12.0 Å². The van der Waals surface area contributed by atoms with Crippen LogP contribution in [0.4, 0.5) is 0 Å². The third kappa shape index (κ3) is 7.33. The molecule has 1 heterocycles. The molecule has 0 aliphatic heterocycles. The first kappa shape index (κ1) is 20.1. The van der Waals surface area contributed by atoms with Crippen LogP contribution in [0.1, 0.15) is 42.9 Å². The van der Waals surface area contributed by atoms with Crippen LogP contribution in [0.2, 0.25) is 0 Å². The van der Waals surface area contributed by atoms with Crippen molar-refractivity contribution in [2.24, 2.45) is 5.73 Å². The number of esters is 1. The van der Waals surface area contributed by atoms with Crippen molar-refractivity contribution in [3.05, 3.63) is 66.0 Å². The zero-order chi connectivity index (χ0) is 18.6. The molecule has 0 amide bonds. The molecule has 2 N–H and O–H groups in total. The van der Waals surface area contributed by atoms with E-state index >= 15 is 0 Å². The maximum atomic E-state index is 11.2. The van der Waals surface area contributed by atoms with Gasteiger partial charge in [0.1, 0.15) is 0 Å². The molecule has 0 saturated heterocycles. The Kier molecular flexibility index (Phi) is 8.79. The number of carbonyl (C=O) groups is 1. The van der Waals surface area contributed by atoms with Gasteiger partial charge in [-0.25, -0.2) is 0 Å². The molecule has 140 valence electrons. The fraction of sp³-hybridized carbons (Fsp3) is 0.429. The van der Waals surface area contributed by atoms with Crippen molar-refractivity contribution in [3.63, 3.8) is 0 Å². The van der Waals surface area contributed by atoms with Crippen molar-refractivity contribution in [2.45, 2.75) is 38.3 Å². The maximum Gasteiger partial charge on any atom is 0.305 e. The third-order valence-electron chi connectivity index (χ3n) is 4.39. The fourth-order valence-corrected chi connectivity index (χ4v) is 2.95. The fourth-order valence-electron chi connectivity index (χ4n) is 2.95. The minimum absolute atomic E-state index is 0.0251. The van der Waals surface area contributed by atoms with Crippen molar-refractivity contribution in [1.29, 1.82) is 0 Å². The van der Waals surface area contributed by atoms with Crippen LogP contribution in [0.3, 0.4) is 0 Å². The molecule has 0 unspecified atom stereocenters. The van der Waals surface area contributed by atoms with Gasteiger partial charge in [0.2, 0.25) is 0 Å². The average molecular weight is 355 g/mol. The summed E-state index contributed by atoms with van der Waals surface area (Å²) >= 11 is 0. The van der Waals surface area contributed by atoms with Crippen LogP contribution in [0.25, 0.3) is 0 Å². The summed E-state index contributed by atoms with van der Waals surface area (Å²) in [6.45, 7) is 2.55. The summed E-state index contributed by atoms with van der Waals surface area (Å²) in [4.78, 5) is 17.8. The molecule has 0 radical (unpaired) electrons. The van der Waals surface area contributed by atoms with Crippen molar-refractivity contribution < 1.29 is 9.53 Å². The number of hydrogen-bond donors (Lipinski definition) is 1. The molecule has 2 aromatic rings. The first-order chi connectivity index (χ1) is 12.7. The number of benzene rings is 1. The van der Waals surface area contributed by atoms with Gasteiger partial charge in [-0.05, 0) is 36.6 Å². The van der Waals surface area contributed by atoms with Crippen molar-refractivity contribution in [3.8, 4) is 0 Å². The van der Waals surface area contributed by atoms with Crippen molar-refractivity contribution in [1.82, 2.24) is 9.88 Å². The molecule has 0 bridgehead atoms. The number of methoxy groups -OCH3 is 1. The van der Waals surface area contributed by atoms with E-state index in [0.29, 0.717) is 6.42 Å². The zero-order valence-electron chi connectivity index (χ0n) is 15.5. The van der Waals surface area contributed by atoms with Gasteiger partial charge in [0.15, 0.2) is 0 Å². The van der Waals surface area contributed by atoms with Crippen LogP contribution in [-0.2, 0) is 16.1 Å². The highest BCUT2D eigenvalue weighted by atomic mass is 16.5. The van der Waals surface area contributed by atoms with E-state index in [0.717, 1.165) is 44.5 Å². The molecule has 5 heteroatoms. The van der Waals surface area contributed by atoms with Gasteiger partial charge in [-0.3, -0.25) is 14.7 Å². The lowest BCUT2D eigenvalue weighted by atomic mass is 10.1. The van der Waals surface area contributed by atoms with Gasteiger partial charge >= 0.3 is 5.97 Å². The highest BCUT2D eigenvalue weighted by molar-refractivity contribution is 5.68. The second kappa shape index (κ2) is 11.4. The number of carbonyl (C=O) groups excluding carboxylic acids is 1. The molecule has 1 aromatic carbocycles. The Morgan fingerprint density at radius 2 is 1.96 bits per heavy atom. The Morgan fingerprint density at radius 1 is 1.15 bits per heavy atom. The summed E-state index contributed by atoms with van der Waals surface area (Å²) in [6.07, 6.45) is 7.06. The number of aromatic nitrogens is 1. The lowest BCUT2D eigenvalue weighted by molar-refractivity contribution is -0.140. The van der Waals surface area contributed by atoms with Gasteiger partial charge in [-0.15, -0.1) is 0 Å². The standard InChI is InChI=1S/C21H29N3O2/c1-26-21(25)12-6-3-7-14-24(16-18-9-8-13-23-15-18)17-20(22)19-10-4-2-5-11-19/h2,4-5,8-11,13,15,20H,3,6-7,12,14,16-17,22H2,1H3/t20-/m0/s1. The summed E-state index contributed by atoms with van der Waals surface area (Å²) in [6, 6.07) is 14.2. The van der Waals surface area contributed by atoms with Crippen LogP contribution >= 0.6 is 0 Å². The van der Waals surface area contributed by atoms with Gasteiger partial charge in [0, 0.05) is 37.9 Å². The van der Waals surface area contributed by atoms with Crippen LogP contribution in [0, 0.1) is 0 Å². The normalized spacial score (nSPS) is 12.1. The number of nitrogens with zero attached hydrogens (tertiary/aromatic N) is 2. The second-order valence-electron chi connectivity index (χ2n) is 6.50. The topological polar surface area (TPSA) is 68.5 Å². The smallest absolute Gasteiger partial charge is 0.305 e. The Labute approximate surface area is 156 Å². The highest BCUT2D eigenvalue weighted by Gasteiger charge is 2.13. The number of nitrogens with two attached hydrogens (primary N) is 1. The molecule has 2 rings (SSSR count). The van der Waals surface area contributed by atoms with Gasteiger partial charge < -0.3 is 10.5 Å². The van der Waals surface area contributed by atoms with Crippen LogP contribution in [0.5, 0.6) is 0 Å². The van der Waals surface area contributed by atoms with E-state index in [1.165, 1.54) is 12.7 Å². The third-order valence-corrected chi connectivity index (χ3v) is 4.39. The van der Waals surface area contributed by atoms with Gasteiger partial charge in [0.25, 0.3) is 0 Å². The molecule has 0 fully saturated rings. The molecule has 1 atom stereocenters. The Bertz CT molecular complexity index is 634. The Morgan fingerprint density at radius 3 is 2.65 bits per heavy atom. The summed E-state index contributed by atoms with van der Waals surface area (Å²) < 4.78 is 4.69. The van der Waals surface area contributed by atoms with Crippen LogP contribution in [0.15, 0.2) is 54.9 Å². The van der Waals surface area contributed by atoms with Crippen molar-refractivity contribution >= 4 is 5.97 Å². The molecule has 0 aliphatic carbocycles. The van der Waals surface area contributed by atoms with E-state index in [1.54, 1.807) is 6.20 Å². The molecule has 0 saturated carbocycles. The molecule has 0 aliphatic rings. The van der Waals surface area contributed by atoms with E-state index in [2.05, 4.69) is 32.8 Å². The number of unbranched alkanes of at least 4 members (excludes halogenated alkanes) is 2. The summed E-state index contributed by atoms with van der Waals surface area (Å²) in [7, 11) is 1.43. The predicted octanol–water partition coefficient (Wildman–Crippen LogP) is 3.32. The van der Waals surface area contributed by atoms with Gasteiger partial charge in [0.05, 0.1) is 7.11 Å². The molecule has 26 heavy (non-hydrogen) atoms. The average Bonchev–Trinajstić information content (AvgIpc) is 2.68. The monoisotopic (exact) mass is 355 g/mol. The van der Waals surface area contributed by atoms with E-state index in [9.17, 15) is 4.79 Å².